The molecule has 31 heavy (non-hydrogen) atoms. The summed E-state index contributed by atoms with van der Waals surface area (Å²) in [7, 11) is 1.92. The van der Waals surface area contributed by atoms with Gasteiger partial charge in [0, 0.05) is 23.9 Å². The van der Waals surface area contributed by atoms with Crippen LogP contribution in [0, 0.1) is 0 Å². The molecule has 3 nitrogen and oxygen atoms in total. The van der Waals surface area contributed by atoms with E-state index in [0.29, 0.717) is 13.2 Å². The van der Waals surface area contributed by atoms with Crippen LogP contribution in [0.4, 0.5) is 19.0 Å². The van der Waals surface area contributed by atoms with Crippen LogP contribution in [0.5, 0.6) is 5.75 Å². The standard InChI is InChI=1S/C23H19F3N2OS2/c1-28(14-16-7-10-19(11-8-16)30-23(24,25)26)22-20-13-18(9-12-21(20)31-27-22)29-15-17-5-3-2-4-6-17/h2-13H,14-15H2,1H3. The molecule has 8 heteroatoms. The number of thioether (sulfide) groups is 1. The predicted octanol–water partition coefficient (Wildman–Crippen LogP) is 7.12. The normalized spacial score (nSPS) is 11.6. The van der Waals surface area contributed by atoms with Crippen LogP contribution in [0.1, 0.15) is 11.1 Å². The molecular weight excluding hydrogens is 441 g/mol. The molecule has 4 rings (SSSR count). The Bertz CT molecular complexity index is 1150. The van der Waals surface area contributed by atoms with Gasteiger partial charge in [0.05, 0.1) is 4.70 Å². The number of alkyl halides is 3. The fourth-order valence-electron chi connectivity index (χ4n) is 3.16. The fraction of sp³-hybridized carbons (Fsp3) is 0.174. The van der Waals surface area contributed by atoms with E-state index in [9.17, 15) is 13.2 Å². The lowest BCUT2D eigenvalue weighted by Crippen LogP contribution is -2.16. The minimum atomic E-state index is -4.28. The maximum atomic E-state index is 12.5. The van der Waals surface area contributed by atoms with Gasteiger partial charge in [-0.1, -0.05) is 42.5 Å². The quantitative estimate of drug-likeness (QED) is 0.274. The van der Waals surface area contributed by atoms with Crippen LogP contribution in [0.25, 0.3) is 10.1 Å². The van der Waals surface area contributed by atoms with E-state index in [4.69, 9.17) is 4.74 Å². The molecule has 0 saturated carbocycles. The maximum Gasteiger partial charge on any atom is 0.446 e. The number of halogens is 3. The number of anilines is 1. The number of hydrogen-bond donors (Lipinski definition) is 0. The van der Waals surface area contributed by atoms with Crippen molar-refractivity contribution in [3.8, 4) is 5.75 Å². The van der Waals surface area contributed by atoms with Crippen molar-refractivity contribution in [2.24, 2.45) is 0 Å². The number of hydrogen-bond acceptors (Lipinski definition) is 5. The first kappa shape index (κ1) is 21.5. The minimum Gasteiger partial charge on any atom is -0.489 e. The maximum absolute atomic E-state index is 12.5. The van der Waals surface area contributed by atoms with Crippen molar-refractivity contribution in [1.29, 1.82) is 0 Å². The topological polar surface area (TPSA) is 25.4 Å². The van der Waals surface area contributed by atoms with E-state index in [1.807, 2.05) is 60.5 Å². The van der Waals surface area contributed by atoms with Crippen molar-refractivity contribution in [3.05, 3.63) is 83.9 Å². The first-order valence-electron chi connectivity index (χ1n) is 9.49. The molecule has 1 aromatic heterocycles. The summed E-state index contributed by atoms with van der Waals surface area (Å²) in [4.78, 5) is 2.17. The Balaban J connectivity index is 1.47. The summed E-state index contributed by atoms with van der Waals surface area (Å²) in [5.74, 6) is 1.58. The predicted molar refractivity (Wildman–Crippen MR) is 121 cm³/mol. The molecule has 0 aliphatic rings. The number of fused-ring (bicyclic) bond motifs is 1. The number of benzene rings is 3. The molecule has 4 aromatic rings. The average Bonchev–Trinajstić information content (AvgIpc) is 3.17. The zero-order valence-corrected chi connectivity index (χ0v) is 18.2. The highest BCUT2D eigenvalue weighted by Gasteiger charge is 2.29. The number of ether oxygens (including phenoxy) is 1. The second-order valence-corrected chi connectivity index (χ2v) is 8.93. The average molecular weight is 461 g/mol. The third kappa shape index (κ3) is 5.71. The highest BCUT2D eigenvalue weighted by atomic mass is 32.2. The lowest BCUT2D eigenvalue weighted by Gasteiger charge is -2.17. The summed E-state index contributed by atoms with van der Waals surface area (Å²) < 4.78 is 49.1. The van der Waals surface area contributed by atoms with E-state index in [-0.39, 0.29) is 16.7 Å². The van der Waals surface area contributed by atoms with Gasteiger partial charge in [-0.05, 0) is 64.8 Å². The van der Waals surface area contributed by atoms with Crippen LogP contribution in [0.3, 0.4) is 0 Å². The van der Waals surface area contributed by atoms with E-state index in [0.717, 1.165) is 32.8 Å². The van der Waals surface area contributed by atoms with Gasteiger partial charge in [-0.25, -0.2) is 0 Å². The van der Waals surface area contributed by atoms with Gasteiger partial charge in [-0.15, -0.1) is 0 Å². The Labute approximate surface area is 186 Å². The summed E-state index contributed by atoms with van der Waals surface area (Å²) in [5.41, 5.74) is -2.28. The minimum absolute atomic E-state index is 0.106. The van der Waals surface area contributed by atoms with E-state index < -0.39 is 5.51 Å². The molecule has 0 spiro atoms. The lowest BCUT2D eigenvalue weighted by molar-refractivity contribution is -0.0328. The summed E-state index contributed by atoms with van der Waals surface area (Å²) in [5, 5.41) is 0.988. The van der Waals surface area contributed by atoms with Gasteiger partial charge >= 0.3 is 5.51 Å². The largest absolute Gasteiger partial charge is 0.489 e. The van der Waals surface area contributed by atoms with Gasteiger partial charge in [0.25, 0.3) is 0 Å². The van der Waals surface area contributed by atoms with Crippen LogP contribution in [-0.2, 0) is 13.2 Å². The molecule has 1 heterocycles. The molecule has 0 bridgehead atoms. The van der Waals surface area contributed by atoms with E-state index in [1.165, 1.54) is 23.7 Å². The van der Waals surface area contributed by atoms with Gasteiger partial charge in [-0.3, -0.25) is 0 Å². The zero-order valence-electron chi connectivity index (χ0n) is 16.6. The van der Waals surface area contributed by atoms with Crippen LogP contribution < -0.4 is 9.64 Å². The molecule has 0 unspecified atom stereocenters. The van der Waals surface area contributed by atoms with Gasteiger partial charge in [0.2, 0.25) is 0 Å². The lowest BCUT2D eigenvalue weighted by atomic mass is 10.2. The Kier molecular flexibility index (Phi) is 6.38. The molecule has 0 radical (unpaired) electrons. The van der Waals surface area contributed by atoms with E-state index in [2.05, 4.69) is 4.37 Å². The van der Waals surface area contributed by atoms with Crippen LogP contribution >= 0.6 is 23.3 Å². The van der Waals surface area contributed by atoms with Gasteiger partial charge in [0.1, 0.15) is 18.2 Å². The fourth-order valence-corrected chi connectivity index (χ4v) is 4.50. The van der Waals surface area contributed by atoms with Crippen molar-refractivity contribution >= 4 is 39.2 Å². The van der Waals surface area contributed by atoms with Crippen molar-refractivity contribution in [3.63, 3.8) is 0 Å². The van der Waals surface area contributed by atoms with Crippen LogP contribution in [-0.4, -0.2) is 16.9 Å². The summed E-state index contributed by atoms with van der Waals surface area (Å²) in [6, 6.07) is 22.3. The van der Waals surface area contributed by atoms with E-state index in [1.54, 1.807) is 12.1 Å². The third-order valence-electron chi connectivity index (χ3n) is 4.61. The van der Waals surface area contributed by atoms with Crippen LogP contribution in [0.15, 0.2) is 77.7 Å². The van der Waals surface area contributed by atoms with Crippen molar-refractivity contribution < 1.29 is 17.9 Å². The highest BCUT2D eigenvalue weighted by molar-refractivity contribution is 8.00. The van der Waals surface area contributed by atoms with Gasteiger partial charge in [-0.2, -0.15) is 17.5 Å². The molecule has 0 aliphatic carbocycles. The highest BCUT2D eigenvalue weighted by Crippen LogP contribution is 2.37. The molecule has 0 amide bonds. The Morgan fingerprint density at radius 1 is 0.968 bits per heavy atom. The van der Waals surface area contributed by atoms with Gasteiger partial charge < -0.3 is 9.64 Å². The summed E-state index contributed by atoms with van der Waals surface area (Å²) >= 11 is 1.30. The second kappa shape index (κ2) is 9.20. The first-order valence-corrected chi connectivity index (χ1v) is 11.1. The first-order chi connectivity index (χ1) is 14.9. The molecule has 3 aromatic carbocycles. The molecule has 0 fully saturated rings. The molecule has 0 atom stereocenters. The van der Waals surface area contributed by atoms with Crippen molar-refractivity contribution in [2.75, 3.05) is 11.9 Å². The summed E-state index contributed by atoms with van der Waals surface area (Å²) in [6.45, 7) is 1.02. The Hall–Kier alpha value is -2.71. The summed E-state index contributed by atoms with van der Waals surface area (Å²) in [6.07, 6.45) is 0. The monoisotopic (exact) mass is 460 g/mol. The Morgan fingerprint density at radius 3 is 2.42 bits per heavy atom. The molecule has 0 aliphatic heterocycles. The van der Waals surface area contributed by atoms with Gasteiger partial charge in [0.15, 0.2) is 0 Å². The van der Waals surface area contributed by atoms with Crippen LogP contribution in [0.2, 0.25) is 0 Å². The molecular formula is C23H19F3N2OS2. The van der Waals surface area contributed by atoms with Crippen molar-refractivity contribution in [2.45, 2.75) is 23.6 Å². The Morgan fingerprint density at radius 2 is 1.71 bits per heavy atom. The smallest absolute Gasteiger partial charge is 0.446 e. The number of nitrogens with zero attached hydrogens (tertiary/aromatic N) is 2. The zero-order chi connectivity index (χ0) is 21.8. The van der Waals surface area contributed by atoms with E-state index >= 15 is 0 Å². The van der Waals surface area contributed by atoms with Crippen molar-refractivity contribution in [1.82, 2.24) is 4.37 Å². The number of rotatable bonds is 7. The third-order valence-corrected chi connectivity index (χ3v) is 6.17. The molecule has 0 N–H and O–H groups in total. The molecule has 160 valence electrons. The number of aromatic nitrogens is 1. The second-order valence-electron chi connectivity index (χ2n) is 6.99. The molecule has 0 saturated heterocycles. The SMILES string of the molecule is CN(Cc1ccc(SC(F)(F)F)cc1)c1nsc2ccc(OCc3ccccc3)cc12.